The summed E-state index contributed by atoms with van der Waals surface area (Å²) >= 11 is 0. The van der Waals surface area contributed by atoms with Crippen molar-refractivity contribution in [1.82, 2.24) is 24.7 Å². The molecule has 0 radical (unpaired) electrons. The third kappa shape index (κ3) is 3.38. The normalized spacial score (nSPS) is 11.5. The maximum atomic E-state index is 12.6. The number of aromatic nitrogens is 5. The molecule has 1 N–H and O–H groups in total. The van der Waals surface area contributed by atoms with Crippen LogP contribution in [0.15, 0.2) is 12.4 Å². The number of nitrogens with zero attached hydrogens (tertiary/aromatic N) is 6. The SMILES string of the molecule is CCNc1nc(N(C)C)nc(-n2cc(C(F)(F)F)cn2)n1. The molecule has 0 amide bonds. The van der Waals surface area contributed by atoms with E-state index in [1.165, 1.54) is 0 Å². The van der Waals surface area contributed by atoms with Gasteiger partial charge in [0.1, 0.15) is 0 Å². The van der Waals surface area contributed by atoms with Crippen molar-refractivity contribution in [3.05, 3.63) is 18.0 Å². The van der Waals surface area contributed by atoms with E-state index in [1.54, 1.807) is 19.0 Å². The van der Waals surface area contributed by atoms with Gasteiger partial charge in [-0.25, -0.2) is 4.68 Å². The molecule has 2 rings (SSSR count). The Balaban J connectivity index is 2.44. The molecule has 0 aliphatic carbocycles. The molecule has 0 fully saturated rings. The van der Waals surface area contributed by atoms with Crippen LogP contribution in [0.3, 0.4) is 0 Å². The van der Waals surface area contributed by atoms with Crippen LogP contribution in [0.1, 0.15) is 12.5 Å². The number of hydrogen-bond donors (Lipinski definition) is 1. The quantitative estimate of drug-likeness (QED) is 0.924. The highest BCUT2D eigenvalue weighted by molar-refractivity contribution is 5.38. The molecule has 0 spiro atoms. The summed E-state index contributed by atoms with van der Waals surface area (Å²) in [5.74, 6) is 0.607. The molecule has 0 atom stereocenters. The minimum absolute atomic E-state index is 0.0140. The van der Waals surface area contributed by atoms with Gasteiger partial charge in [-0.3, -0.25) is 0 Å². The highest BCUT2D eigenvalue weighted by atomic mass is 19.4. The summed E-state index contributed by atoms with van der Waals surface area (Å²) in [7, 11) is 3.44. The molecular formula is C11H14F3N7. The van der Waals surface area contributed by atoms with Crippen molar-refractivity contribution in [3.63, 3.8) is 0 Å². The number of anilines is 2. The number of rotatable bonds is 4. The lowest BCUT2D eigenvalue weighted by molar-refractivity contribution is -0.137. The molecule has 114 valence electrons. The third-order valence-corrected chi connectivity index (χ3v) is 2.46. The molecule has 0 aromatic carbocycles. The predicted molar refractivity (Wildman–Crippen MR) is 70.4 cm³/mol. The van der Waals surface area contributed by atoms with E-state index in [1.807, 2.05) is 6.92 Å². The van der Waals surface area contributed by atoms with E-state index in [-0.39, 0.29) is 11.9 Å². The van der Waals surface area contributed by atoms with Crippen molar-refractivity contribution in [2.24, 2.45) is 0 Å². The standard InChI is InChI=1S/C11H14F3N7/c1-4-15-8-17-9(20(2)3)19-10(18-8)21-6-7(5-16-21)11(12,13)14/h5-6H,4H2,1-3H3,(H,15,17,18,19). The maximum absolute atomic E-state index is 12.6. The monoisotopic (exact) mass is 301 g/mol. The molecule has 2 aromatic heterocycles. The molecule has 0 bridgehead atoms. The van der Waals surface area contributed by atoms with Crippen molar-refractivity contribution >= 4 is 11.9 Å². The second kappa shape index (κ2) is 5.54. The largest absolute Gasteiger partial charge is 0.419 e. The van der Waals surface area contributed by atoms with Crippen LogP contribution in [0.25, 0.3) is 5.95 Å². The Hall–Kier alpha value is -2.39. The lowest BCUT2D eigenvalue weighted by atomic mass is 10.4. The second-order valence-corrected chi connectivity index (χ2v) is 4.36. The Labute approximate surface area is 118 Å². The van der Waals surface area contributed by atoms with Crippen molar-refractivity contribution in [3.8, 4) is 5.95 Å². The van der Waals surface area contributed by atoms with Gasteiger partial charge in [0, 0.05) is 26.8 Å². The van der Waals surface area contributed by atoms with Gasteiger partial charge in [0.05, 0.1) is 11.8 Å². The summed E-state index contributed by atoms with van der Waals surface area (Å²) < 4.78 is 38.8. The molecule has 10 heteroatoms. The van der Waals surface area contributed by atoms with Crippen LogP contribution in [-0.4, -0.2) is 45.4 Å². The average Bonchev–Trinajstić information content (AvgIpc) is 2.88. The van der Waals surface area contributed by atoms with Gasteiger partial charge in [0.25, 0.3) is 5.95 Å². The molecular weight excluding hydrogens is 287 g/mol. The predicted octanol–water partition coefficient (Wildman–Crippen LogP) is 1.57. The lowest BCUT2D eigenvalue weighted by Gasteiger charge is -2.12. The highest BCUT2D eigenvalue weighted by Crippen LogP contribution is 2.28. The van der Waals surface area contributed by atoms with E-state index < -0.39 is 11.7 Å². The Morgan fingerprint density at radius 3 is 2.48 bits per heavy atom. The molecule has 7 nitrogen and oxygen atoms in total. The van der Waals surface area contributed by atoms with Crippen molar-refractivity contribution in [2.75, 3.05) is 30.9 Å². The van der Waals surface area contributed by atoms with Gasteiger partial charge in [0.15, 0.2) is 0 Å². The molecule has 0 aliphatic heterocycles. The molecule has 0 saturated heterocycles. The first-order valence-corrected chi connectivity index (χ1v) is 6.10. The zero-order valence-electron chi connectivity index (χ0n) is 11.7. The van der Waals surface area contributed by atoms with E-state index in [4.69, 9.17) is 0 Å². The first-order valence-electron chi connectivity index (χ1n) is 6.10. The van der Waals surface area contributed by atoms with Gasteiger partial charge in [0.2, 0.25) is 11.9 Å². The molecule has 2 heterocycles. The van der Waals surface area contributed by atoms with Gasteiger partial charge in [-0.1, -0.05) is 0 Å². The minimum Gasteiger partial charge on any atom is -0.354 e. The Bertz CT molecular complexity index is 621. The zero-order chi connectivity index (χ0) is 15.6. The number of alkyl halides is 3. The van der Waals surface area contributed by atoms with Crippen molar-refractivity contribution < 1.29 is 13.2 Å². The summed E-state index contributed by atoms with van der Waals surface area (Å²) in [6.07, 6.45) is -2.89. The highest BCUT2D eigenvalue weighted by Gasteiger charge is 2.32. The maximum Gasteiger partial charge on any atom is 0.419 e. The number of hydrogen-bond acceptors (Lipinski definition) is 6. The number of halogens is 3. The minimum atomic E-state index is -4.46. The molecule has 2 aromatic rings. The smallest absolute Gasteiger partial charge is 0.354 e. The van der Waals surface area contributed by atoms with Crippen molar-refractivity contribution in [2.45, 2.75) is 13.1 Å². The summed E-state index contributed by atoms with van der Waals surface area (Å²) in [5.41, 5.74) is -0.862. The summed E-state index contributed by atoms with van der Waals surface area (Å²) in [4.78, 5) is 13.9. The van der Waals surface area contributed by atoms with Crippen LogP contribution in [-0.2, 0) is 6.18 Å². The molecule has 0 saturated carbocycles. The van der Waals surface area contributed by atoms with Crippen molar-refractivity contribution in [1.29, 1.82) is 0 Å². The van der Waals surface area contributed by atoms with E-state index >= 15 is 0 Å². The van der Waals surface area contributed by atoms with E-state index in [2.05, 4.69) is 25.4 Å². The van der Waals surface area contributed by atoms with Gasteiger partial charge in [-0.05, 0) is 6.92 Å². The average molecular weight is 301 g/mol. The summed E-state index contributed by atoms with van der Waals surface area (Å²) in [6.45, 7) is 2.43. The van der Waals surface area contributed by atoms with Gasteiger partial charge >= 0.3 is 6.18 Å². The van der Waals surface area contributed by atoms with E-state index in [9.17, 15) is 13.2 Å². The van der Waals surface area contributed by atoms with Crippen LogP contribution >= 0.6 is 0 Å². The van der Waals surface area contributed by atoms with Crippen LogP contribution in [0.4, 0.5) is 25.1 Å². The number of nitrogens with one attached hydrogen (secondary N) is 1. The van der Waals surface area contributed by atoms with Crippen LogP contribution in [0.2, 0.25) is 0 Å². The van der Waals surface area contributed by atoms with Crippen LogP contribution < -0.4 is 10.2 Å². The Kier molecular flexibility index (Phi) is 3.96. The Morgan fingerprint density at radius 2 is 1.95 bits per heavy atom. The summed E-state index contributed by atoms with van der Waals surface area (Å²) in [6, 6.07) is 0. The van der Waals surface area contributed by atoms with E-state index in [0.717, 1.165) is 17.1 Å². The second-order valence-electron chi connectivity index (χ2n) is 4.36. The molecule has 21 heavy (non-hydrogen) atoms. The van der Waals surface area contributed by atoms with Gasteiger partial charge in [-0.15, -0.1) is 0 Å². The Morgan fingerprint density at radius 1 is 1.24 bits per heavy atom. The van der Waals surface area contributed by atoms with Gasteiger partial charge in [-0.2, -0.15) is 33.2 Å². The topological polar surface area (TPSA) is 71.8 Å². The zero-order valence-corrected chi connectivity index (χ0v) is 11.7. The van der Waals surface area contributed by atoms with Crippen LogP contribution in [0, 0.1) is 0 Å². The van der Waals surface area contributed by atoms with Gasteiger partial charge < -0.3 is 10.2 Å². The summed E-state index contributed by atoms with van der Waals surface area (Å²) in [5, 5.41) is 6.55. The lowest BCUT2D eigenvalue weighted by Crippen LogP contribution is -2.17. The van der Waals surface area contributed by atoms with E-state index in [0.29, 0.717) is 12.5 Å². The third-order valence-electron chi connectivity index (χ3n) is 2.46. The fourth-order valence-corrected chi connectivity index (χ4v) is 1.47. The molecule has 0 aliphatic rings. The first-order chi connectivity index (χ1) is 9.81. The fourth-order valence-electron chi connectivity index (χ4n) is 1.47. The fraction of sp³-hybridized carbons (Fsp3) is 0.455. The molecule has 0 unspecified atom stereocenters. The first kappa shape index (κ1) is 15.0. The van der Waals surface area contributed by atoms with Crippen LogP contribution in [0.5, 0.6) is 0 Å².